The lowest BCUT2D eigenvalue weighted by Gasteiger charge is -2.07. The summed E-state index contributed by atoms with van der Waals surface area (Å²) >= 11 is 0. The fourth-order valence-corrected chi connectivity index (χ4v) is 1.82. The third kappa shape index (κ3) is 2.62. The molecule has 0 radical (unpaired) electrons. The summed E-state index contributed by atoms with van der Waals surface area (Å²) in [5.41, 5.74) is 1.32. The van der Waals surface area contributed by atoms with Crippen molar-refractivity contribution in [2.75, 3.05) is 7.11 Å². The maximum atomic E-state index is 13.1. The molecule has 0 spiro atoms. The lowest BCUT2D eigenvalue weighted by atomic mass is 10.0. The molecule has 0 aliphatic rings. The van der Waals surface area contributed by atoms with E-state index < -0.39 is 11.6 Å². The first-order valence-corrected chi connectivity index (χ1v) is 5.67. The lowest BCUT2D eigenvalue weighted by Crippen LogP contribution is -2.03. The summed E-state index contributed by atoms with van der Waals surface area (Å²) in [6, 6.07) is 8.02. The highest BCUT2D eigenvalue weighted by atomic mass is 19.2. The standard InChI is InChI=1S/C15H12F2O2/c1-9-7-10(4-6-14(9)19-2)15(18)11-3-5-12(16)13(17)8-11/h3-8H,1-2H3. The van der Waals surface area contributed by atoms with Gasteiger partial charge in [-0.3, -0.25) is 4.79 Å². The van der Waals surface area contributed by atoms with E-state index in [4.69, 9.17) is 4.74 Å². The average molecular weight is 262 g/mol. The lowest BCUT2D eigenvalue weighted by molar-refractivity contribution is 0.103. The van der Waals surface area contributed by atoms with Crippen LogP contribution in [0.4, 0.5) is 8.78 Å². The Labute approximate surface area is 109 Å². The molecular weight excluding hydrogens is 250 g/mol. The molecule has 0 aliphatic carbocycles. The molecule has 2 aromatic carbocycles. The van der Waals surface area contributed by atoms with Crippen LogP contribution in [0.1, 0.15) is 21.5 Å². The number of aryl methyl sites for hydroxylation is 1. The molecule has 0 unspecified atom stereocenters. The van der Waals surface area contributed by atoms with E-state index in [9.17, 15) is 13.6 Å². The Morgan fingerprint density at radius 2 is 1.63 bits per heavy atom. The van der Waals surface area contributed by atoms with Crippen LogP contribution in [0, 0.1) is 18.6 Å². The van der Waals surface area contributed by atoms with Crippen molar-refractivity contribution in [1.29, 1.82) is 0 Å². The van der Waals surface area contributed by atoms with Crippen LogP contribution in [0.5, 0.6) is 5.75 Å². The highest BCUT2D eigenvalue weighted by Crippen LogP contribution is 2.21. The van der Waals surface area contributed by atoms with Crippen LogP contribution in [-0.4, -0.2) is 12.9 Å². The molecule has 0 atom stereocenters. The summed E-state index contributed by atoms with van der Waals surface area (Å²) in [7, 11) is 1.54. The number of hydrogen-bond acceptors (Lipinski definition) is 2. The molecule has 0 amide bonds. The topological polar surface area (TPSA) is 26.3 Å². The molecule has 2 nitrogen and oxygen atoms in total. The van der Waals surface area contributed by atoms with Gasteiger partial charge in [-0.05, 0) is 48.9 Å². The second-order valence-corrected chi connectivity index (χ2v) is 4.14. The Morgan fingerprint density at radius 1 is 1.00 bits per heavy atom. The normalized spacial score (nSPS) is 10.3. The molecule has 4 heteroatoms. The summed E-state index contributed by atoms with van der Waals surface area (Å²) in [5, 5.41) is 0. The van der Waals surface area contributed by atoms with Gasteiger partial charge in [-0.15, -0.1) is 0 Å². The second-order valence-electron chi connectivity index (χ2n) is 4.14. The number of carbonyl (C=O) groups excluding carboxylic acids is 1. The van der Waals surface area contributed by atoms with E-state index >= 15 is 0 Å². The minimum Gasteiger partial charge on any atom is -0.496 e. The van der Waals surface area contributed by atoms with Crippen LogP contribution in [0.3, 0.4) is 0 Å². The third-order valence-electron chi connectivity index (χ3n) is 2.84. The SMILES string of the molecule is COc1ccc(C(=O)c2ccc(F)c(F)c2)cc1C. The van der Waals surface area contributed by atoms with Crippen molar-refractivity contribution in [2.24, 2.45) is 0 Å². The maximum absolute atomic E-state index is 13.1. The third-order valence-corrected chi connectivity index (χ3v) is 2.84. The zero-order chi connectivity index (χ0) is 14.0. The molecule has 19 heavy (non-hydrogen) atoms. The first kappa shape index (κ1) is 13.2. The van der Waals surface area contributed by atoms with Gasteiger partial charge in [-0.25, -0.2) is 8.78 Å². The van der Waals surface area contributed by atoms with Gasteiger partial charge >= 0.3 is 0 Å². The molecule has 0 N–H and O–H groups in total. The number of ether oxygens (including phenoxy) is 1. The number of benzene rings is 2. The largest absolute Gasteiger partial charge is 0.496 e. The molecule has 0 saturated carbocycles. The number of methoxy groups -OCH3 is 1. The molecule has 0 heterocycles. The van der Waals surface area contributed by atoms with Gasteiger partial charge in [0.1, 0.15) is 5.75 Å². The summed E-state index contributed by atoms with van der Waals surface area (Å²) < 4.78 is 31.0. The number of halogens is 2. The van der Waals surface area contributed by atoms with Crippen molar-refractivity contribution in [3.8, 4) is 5.75 Å². The highest BCUT2D eigenvalue weighted by Gasteiger charge is 2.13. The van der Waals surface area contributed by atoms with E-state index in [1.807, 2.05) is 0 Å². The minimum atomic E-state index is -1.03. The van der Waals surface area contributed by atoms with Crippen molar-refractivity contribution >= 4 is 5.78 Å². The summed E-state index contributed by atoms with van der Waals surface area (Å²) in [6.07, 6.45) is 0. The van der Waals surface area contributed by atoms with Crippen molar-refractivity contribution in [3.63, 3.8) is 0 Å². The Kier molecular flexibility index (Phi) is 3.60. The van der Waals surface area contributed by atoms with Crippen LogP contribution < -0.4 is 4.74 Å². The van der Waals surface area contributed by atoms with Crippen LogP contribution in [0.15, 0.2) is 36.4 Å². The van der Waals surface area contributed by atoms with Crippen LogP contribution in [0.25, 0.3) is 0 Å². The fourth-order valence-electron chi connectivity index (χ4n) is 1.82. The second kappa shape index (κ2) is 5.18. The number of ketones is 1. The zero-order valence-corrected chi connectivity index (χ0v) is 10.5. The predicted octanol–water partition coefficient (Wildman–Crippen LogP) is 3.51. The first-order valence-electron chi connectivity index (χ1n) is 5.67. The molecule has 2 aromatic rings. The number of carbonyl (C=O) groups is 1. The van der Waals surface area contributed by atoms with Gasteiger partial charge in [0.05, 0.1) is 7.11 Å². The number of rotatable bonds is 3. The van der Waals surface area contributed by atoms with Crippen molar-refractivity contribution < 1.29 is 18.3 Å². The highest BCUT2D eigenvalue weighted by molar-refractivity contribution is 6.09. The molecule has 98 valence electrons. The fraction of sp³-hybridized carbons (Fsp3) is 0.133. The van der Waals surface area contributed by atoms with Crippen molar-refractivity contribution in [3.05, 3.63) is 64.7 Å². The van der Waals surface area contributed by atoms with Gasteiger partial charge in [0.15, 0.2) is 17.4 Å². The van der Waals surface area contributed by atoms with Gasteiger partial charge in [0, 0.05) is 11.1 Å². The predicted molar refractivity (Wildman–Crippen MR) is 67.5 cm³/mol. The molecular formula is C15H12F2O2. The van der Waals surface area contributed by atoms with E-state index in [2.05, 4.69) is 0 Å². The van der Waals surface area contributed by atoms with Crippen LogP contribution >= 0.6 is 0 Å². The summed E-state index contributed by atoms with van der Waals surface area (Å²) in [6.45, 7) is 1.81. The quantitative estimate of drug-likeness (QED) is 0.791. The Hall–Kier alpha value is -2.23. The molecule has 2 rings (SSSR count). The first-order chi connectivity index (χ1) is 9.02. The Bertz CT molecular complexity index is 636. The zero-order valence-electron chi connectivity index (χ0n) is 10.5. The van der Waals surface area contributed by atoms with E-state index in [1.165, 1.54) is 6.07 Å². The van der Waals surface area contributed by atoms with Gasteiger partial charge in [0.2, 0.25) is 0 Å². The van der Waals surface area contributed by atoms with Gasteiger partial charge in [-0.1, -0.05) is 0 Å². The van der Waals surface area contributed by atoms with Gasteiger partial charge in [-0.2, -0.15) is 0 Å². The molecule has 0 aromatic heterocycles. The van der Waals surface area contributed by atoms with Gasteiger partial charge in [0.25, 0.3) is 0 Å². The number of hydrogen-bond donors (Lipinski definition) is 0. The van der Waals surface area contributed by atoms with Crippen LogP contribution in [-0.2, 0) is 0 Å². The van der Waals surface area contributed by atoms with Crippen LogP contribution in [0.2, 0.25) is 0 Å². The van der Waals surface area contributed by atoms with E-state index in [-0.39, 0.29) is 11.3 Å². The monoisotopic (exact) mass is 262 g/mol. The average Bonchev–Trinajstić information content (AvgIpc) is 2.41. The molecule has 0 saturated heterocycles. The van der Waals surface area contributed by atoms with E-state index in [0.717, 1.165) is 17.7 Å². The van der Waals surface area contributed by atoms with Crippen molar-refractivity contribution in [2.45, 2.75) is 6.92 Å². The van der Waals surface area contributed by atoms with E-state index in [1.54, 1.807) is 32.2 Å². The summed E-state index contributed by atoms with van der Waals surface area (Å²) in [4.78, 5) is 12.1. The summed E-state index contributed by atoms with van der Waals surface area (Å²) in [5.74, 6) is -1.69. The molecule has 0 aliphatic heterocycles. The smallest absolute Gasteiger partial charge is 0.193 e. The van der Waals surface area contributed by atoms with Gasteiger partial charge < -0.3 is 4.74 Å². The van der Waals surface area contributed by atoms with E-state index in [0.29, 0.717) is 11.3 Å². The molecule has 0 fully saturated rings. The molecule has 0 bridgehead atoms. The van der Waals surface area contributed by atoms with Crippen molar-refractivity contribution in [1.82, 2.24) is 0 Å². The Balaban J connectivity index is 2.38. The minimum absolute atomic E-state index is 0.114. The maximum Gasteiger partial charge on any atom is 0.193 e. The Morgan fingerprint density at radius 3 is 2.21 bits per heavy atom.